The first-order valence-corrected chi connectivity index (χ1v) is 5.71. The second-order valence-corrected chi connectivity index (χ2v) is 5.09. The minimum absolute atomic E-state index is 0.289. The van der Waals surface area contributed by atoms with Gasteiger partial charge in [0, 0.05) is 5.88 Å². The van der Waals surface area contributed by atoms with Crippen LogP contribution in [0.2, 0.25) is 0 Å². The van der Waals surface area contributed by atoms with Crippen molar-refractivity contribution in [3.05, 3.63) is 21.9 Å². The maximum Gasteiger partial charge on any atom is 0.349 e. The summed E-state index contributed by atoms with van der Waals surface area (Å²) in [6.45, 7) is 5.54. The van der Waals surface area contributed by atoms with Gasteiger partial charge in [-0.3, -0.25) is 0 Å². The van der Waals surface area contributed by atoms with Gasteiger partial charge in [-0.1, -0.05) is 0 Å². The molecule has 0 amide bonds. The number of hydrogen-bond acceptors (Lipinski definition) is 3. The van der Waals surface area contributed by atoms with Gasteiger partial charge in [0.15, 0.2) is 0 Å². The smallest absolute Gasteiger partial charge is 0.349 e. The molecule has 0 aromatic carbocycles. The summed E-state index contributed by atoms with van der Waals surface area (Å²) >= 11 is 7.05. The summed E-state index contributed by atoms with van der Waals surface area (Å²) in [5.41, 5.74) is 0.385. The van der Waals surface area contributed by atoms with Gasteiger partial charge in [0.25, 0.3) is 0 Å². The lowest BCUT2D eigenvalue weighted by molar-refractivity contribution is 0.00745. The molecule has 0 aliphatic carbocycles. The molecule has 4 heteroatoms. The van der Waals surface area contributed by atoms with Crippen LogP contribution in [0.4, 0.5) is 0 Å². The van der Waals surface area contributed by atoms with Crippen molar-refractivity contribution in [1.29, 1.82) is 0 Å². The first kappa shape index (κ1) is 11.5. The minimum Gasteiger partial charge on any atom is -0.456 e. The largest absolute Gasteiger partial charge is 0.456 e. The number of carbonyl (C=O) groups excluding carboxylic acids is 1. The van der Waals surface area contributed by atoms with Gasteiger partial charge < -0.3 is 4.74 Å². The van der Waals surface area contributed by atoms with Crippen molar-refractivity contribution in [2.24, 2.45) is 0 Å². The lowest BCUT2D eigenvalue weighted by Crippen LogP contribution is -2.23. The number of rotatable bonds is 2. The van der Waals surface area contributed by atoms with Gasteiger partial charge in [-0.05, 0) is 37.8 Å². The Morgan fingerprint density at radius 2 is 2.21 bits per heavy atom. The molecule has 0 fully saturated rings. The van der Waals surface area contributed by atoms with E-state index < -0.39 is 5.60 Å². The van der Waals surface area contributed by atoms with E-state index in [0.29, 0.717) is 10.8 Å². The predicted molar refractivity (Wildman–Crippen MR) is 59.0 cm³/mol. The van der Waals surface area contributed by atoms with E-state index in [9.17, 15) is 4.79 Å². The number of esters is 1. The van der Waals surface area contributed by atoms with Gasteiger partial charge in [-0.2, -0.15) is 0 Å². The molecule has 0 radical (unpaired) electrons. The Labute approximate surface area is 92.8 Å². The Morgan fingerprint density at radius 1 is 1.57 bits per heavy atom. The normalized spacial score (nSPS) is 11.4. The number of carbonyl (C=O) groups is 1. The van der Waals surface area contributed by atoms with Crippen LogP contribution in [0, 0.1) is 0 Å². The Balaban J connectivity index is 2.80. The first-order chi connectivity index (χ1) is 6.44. The Kier molecular flexibility index (Phi) is 3.56. The summed E-state index contributed by atoms with van der Waals surface area (Å²) in [7, 11) is 0. The third kappa shape index (κ3) is 3.00. The van der Waals surface area contributed by atoms with Gasteiger partial charge in [-0.25, -0.2) is 4.79 Å². The molecule has 0 saturated carbocycles. The van der Waals surface area contributed by atoms with E-state index in [2.05, 4.69) is 0 Å². The highest BCUT2D eigenvalue weighted by Gasteiger charge is 2.20. The van der Waals surface area contributed by atoms with Crippen molar-refractivity contribution in [2.75, 3.05) is 0 Å². The van der Waals surface area contributed by atoms with Crippen LogP contribution >= 0.6 is 22.9 Å². The molecular weight excluding hydrogens is 220 g/mol. The third-order valence-corrected chi connectivity index (χ3v) is 2.70. The van der Waals surface area contributed by atoms with Gasteiger partial charge in [-0.15, -0.1) is 22.9 Å². The van der Waals surface area contributed by atoms with Crippen molar-refractivity contribution in [3.8, 4) is 0 Å². The SMILES string of the molecule is CC(C)(C)OC(=O)c1sccc1CCl. The molecule has 1 heterocycles. The van der Waals surface area contributed by atoms with Crippen molar-refractivity contribution < 1.29 is 9.53 Å². The highest BCUT2D eigenvalue weighted by molar-refractivity contribution is 7.12. The highest BCUT2D eigenvalue weighted by Crippen LogP contribution is 2.22. The summed E-state index contributed by atoms with van der Waals surface area (Å²) < 4.78 is 5.24. The molecule has 78 valence electrons. The van der Waals surface area contributed by atoms with Gasteiger partial charge >= 0.3 is 5.97 Å². The van der Waals surface area contributed by atoms with E-state index in [4.69, 9.17) is 16.3 Å². The van der Waals surface area contributed by atoms with Crippen molar-refractivity contribution >= 4 is 28.9 Å². The third-order valence-electron chi connectivity index (χ3n) is 1.48. The molecule has 0 bridgehead atoms. The van der Waals surface area contributed by atoms with E-state index in [1.807, 2.05) is 32.2 Å². The molecule has 1 aromatic heterocycles. The molecular formula is C10H13ClO2S. The van der Waals surface area contributed by atoms with Crippen LogP contribution in [0.25, 0.3) is 0 Å². The number of halogens is 1. The zero-order valence-corrected chi connectivity index (χ0v) is 10.0. The molecule has 0 spiro atoms. The topological polar surface area (TPSA) is 26.3 Å². The number of hydrogen-bond donors (Lipinski definition) is 0. The average molecular weight is 233 g/mol. The number of ether oxygens (including phenoxy) is 1. The fraction of sp³-hybridized carbons (Fsp3) is 0.500. The maximum absolute atomic E-state index is 11.6. The molecule has 2 nitrogen and oxygen atoms in total. The Hall–Kier alpha value is -0.540. The molecule has 0 N–H and O–H groups in total. The van der Waals surface area contributed by atoms with Crippen LogP contribution in [-0.2, 0) is 10.6 Å². The number of alkyl halides is 1. The van der Waals surface area contributed by atoms with Crippen LogP contribution in [-0.4, -0.2) is 11.6 Å². The van der Waals surface area contributed by atoms with E-state index in [0.717, 1.165) is 5.56 Å². The maximum atomic E-state index is 11.6. The van der Waals surface area contributed by atoms with Crippen LogP contribution < -0.4 is 0 Å². The fourth-order valence-electron chi connectivity index (χ4n) is 0.944. The molecule has 0 aliphatic rings. The van der Waals surface area contributed by atoms with Crippen molar-refractivity contribution in [2.45, 2.75) is 32.3 Å². The van der Waals surface area contributed by atoms with Gasteiger partial charge in [0.2, 0.25) is 0 Å². The monoisotopic (exact) mass is 232 g/mol. The summed E-state index contributed by atoms with van der Waals surface area (Å²) in [5.74, 6) is 0.0566. The van der Waals surface area contributed by atoms with Crippen LogP contribution in [0.3, 0.4) is 0 Å². The van der Waals surface area contributed by atoms with Gasteiger partial charge in [0.05, 0.1) is 0 Å². The standard InChI is InChI=1S/C10H13ClO2S/c1-10(2,3)13-9(12)8-7(6-11)4-5-14-8/h4-5H,6H2,1-3H3. The highest BCUT2D eigenvalue weighted by atomic mass is 35.5. The van der Waals surface area contributed by atoms with E-state index in [-0.39, 0.29) is 5.97 Å². The van der Waals surface area contributed by atoms with Crippen molar-refractivity contribution in [3.63, 3.8) is 0 Å². The molecule has 0 unspecified atom stereocenters. The molecule has 0 aliphatic heterocycles. The average Bonchev–Trinajstić information content (AvgIpc) is 2.47. The first-order valence-electron chi connectivity index (χ1n) is 4.30. The Bertz CT molecular complexity index is 325. The lowest BCUT2D eigenvalue weighted by Gasteiger charge is -2.19. The van der Waals surface area contributed by atoms with E-state index in [1.165, 1.54) is 11.3 Å². The van der Waals surface area contributed by atoms with Crippen LogP contribution in [0.15, 0.2) is 11.4 Å². The molecule has 14 heavy (non-hydrogen) atoms. The van der Waals surface area contributed by atoms with Crippen molar-refractivity contribution in [1.82, 2.24) is 0 Å². The van der Waals surface area contributed by atoms with E-state index in [1.54, 1.807) is 0 Å². The van der Waals surface area contributed by atoms with Crippen LogP contribution in [0.5, 0.6) is 0 Å². The van der Waals surface area contributed by atoms with Crippen LogP contribution in [0.1, 0.15) is 36.0 Å². The second-order valence-electron chi connectivity index (χ2n) is 3.91. The molecule has 0 atom stereocenters. The zero-order chi connectivity index (χ0) is 10.8. The molecule has 1 rings (SSSR count). The zero-order valence-electron chi connectivity index (χ0n) is 8.46. The minimum atomic E-state index is -0.454. The molecule has 1 aromatic rings. The summed E-state index contributed by atoms with van der Waals surface area (Å²) in [4.78, 5) is 12.2. The van der Waals surface area contributed by atoms with E-state index >= 15 is 0 Å². The Morgan fingerprint density at radius 3 is 2.71 bits per heavy atom. The summed E-state index contributed by atoms with van der Waals surface area (Å²) in [6.07, 6.45) is 0. The quantitative estimate of drug-likeness (QED) is 0.577. The predicted octanol–water partition coefficient (Wildman–Crippen LogP) is 3.44. The van der Waals surface area contributed by atoms with Gasteiger partial charge in [0.1, 0.15) is 10.5 Å². The lowest BCUT2D eigenvalue weighted by atomic mass is 10.2. The number of thiophene rings is 1. The summed E-state index contributed by atoms with van der Waals surface area (Å²) in [5, 5.41) is 1.84. The fourth-order valence-corrected chi connectivity index (χ4v) is 2.04. The second kappa shape index (κ2) is 4.32. The summed E-state index contributed by atoms with van der Waals surface area (Å²) in [6, 6.07) is 1.84. The molecule has 0 saturated heterocycles.